The average molecular weight is 373 g/mol. The molecule has 0 spiro atoms. The van der Waals surface area contributed by atoms with E-state index in [-0.39, 0.29) is 18.3 Å². The summed E-state index contributed by atoms with van der Waals surface area (Å²) in [5.41, 5.74) is 2.14. The molecule has 140 valence electrons. The first kappa shape index (κ1) is 20.5. The van der Waals surface area contributed by atoms with Crippen molar-refractivity contribution in [2.24, 2.45) is 5.92 Å². The van der Waals surface area contributed by atoms with Crippen LogP contribution in [0.15, 0.2) is 60.7 Å². The van der Waals surface area contributed by atoms with Gasteiger partial charge < -0.3 is 10.2 Å². The topological polar surface area (TPSA) is 32.3 Å². The molecule has 2 aromatic carbocycles. The summed E-state index contributed by atoms with van der Waals surface area (Å²) in [4.78, 5) is 14.7. The second-order valence-electron chi connectivity index (χ2n) is 7.27. The van der Waals surface area contributed by atoms with Crippen LogP contribution in [0.3, 0.4) is 0 Å². The SMILES string of the molecule is CN(C)C(c1ccccc1)C1CCC(NC(=O)c2ccccc2)CC1.Cl. The van der Waals surface area contributed by atoms with Gasteiger partial charge in [-0.15, -0.1) is 12.4 Å². The highest BCUT2D eigenvalue weighted by molar-refractivity contribution is 5.94. The predicted octanol–water partition coefficient (Wildman–Crippen LogP) is 4.70. The molecule has 1 amide bonds. The molecular formula is C22H29ClN2O. The number of nitrogens with zero attached hydrogens (tertiary/aromatic N) is 1. The second kappa shape index (κ2) is 9.75. The highest BCUT2D eigenvalue weighted by Gasteiger charge is 2.30. The number of nitrogens with one attached hydrogen (secondary N) is 1. The van der Waals surface area contributed by atoms with Gasteiger partial charge in [-0.25, -0.2) is 0 Å². The van der Waals surface area contributed by atoms with Crippen LogP contribution in [0.25, 0.3) is 0 Å². The second-order valence-corrected chi connectivity index (χ2v) is 7.27. The van der Waals surface area contributed by atoms with Gasteiger partial charge in [0.25, 0.3) is 5.91 Å². The molecule has 1 aliphatic rings. The van der Waals surface area contributed by atoms with E-state index in [1.165, 1.54) is 5.56 Å². The molecule has 0 aromatic heterocycles. The fourth-order valence-electron chi connectivity index (χ4n) is 4.08. The molecule has 1 fully saturated rings. The summed E-state index contributed by atoms with van der Waals surface area (Å²) in [5, 5.41) is 3.21. The summed E-state index contributed by atoms with van der Waals surface area (Å²) in [5.74, 6) is 0.693. The van der Waals surface area contributed by atoms with Gasteiger partial charge in [-0.3, -0.25) is 4.79 Å². The van der Waals surface area contributed by atoms with Gasteiger partial charge in [0.2, 0.25) is 0 Å². The first-order chi connectivity index (χ1) is 12.1. The molecule has 1 unspecified atom stereocenters. The van der Waals surface area contributed by atoms with Gasteiger partial charge in [0, 0.05) is 17.6 Å². The molecule has 3 rings (SSSR count). The van der Waals surface area contributed by atoms with E-state index in [1.54, 1.807) is 0 Å². The Morgan fingerprint density at radius 1 is 0.923 bits per heavy atom. The van der Waals surface area contributed by atoms with Crippen LogP contribution in [0.1, 0.15) is 47.6 Å². The maximum Gasteiger partial charge on any atom is 0.251 e. The maximum absolute atomic E-state index is 12.3. The summed E-state index contributed by atoms with van der Waals surface area (Å²) in [7, 11) is 4.34. The van der Waals surface area contributed by atoms with Crippen molar-refractivity contribution in [1.29, 1.82) is 0 Å². The molecular weight excluding hydrogens is 344 g/mol. The molecule has 0 heterocycles. The van der Waals surface area contributed by atoms with Gasteiger partial charge in [-0.1, -0.05) is 48.5 Å². The van der Waals surface area contributed by atoms with Gasteiger partial charge in [0.1, 0.15) is 0 Å². The van der Waals surface area contributed by atoms with Gasteiger partial charge in [0.15, 0.2) is 0 Å². The molecule has 1 atom stereocenters. The van der Waals surface area contributed by atoms with Gasteiger partial charge in [-0.2, -0.15) is 0 Å². The minimum Gasteiger partial charge on any atom is -0.349 e. The Hall–Kier alpha value is -1.84. The summed E-state index contributed by atoms with van der Waals surface area (Å²) in [6, 6.07) is 21.0. The number of halogens is 1. The summed E-state index contributed by atoms with van der Waals surface area (Å²) in [6.07, 6.45) is 4.41. The third-order valence-corrected chi connectivity index (χ3v) is 5.29. The smallest absolute Gasteiger partial charge is 0.251 e. The van der Waals surface area contributed by atoms with Crippen molar-refractivity contribution in [1.82, 2.24) is 10.2 Å². The van der Waals surface area contributed by atoms with E-state index in [9.17, 15) is 4.79 Å². The van der Waals surface area contributed by atoms with Crippen molar-refractivity contribution >= 4 is 18.3 Å². The van der Waals surface area contributed by atoms with Gasteiger partial charge in [0.05, 0.1) is 0 Å². The lowest BCUT2D eigenvalue weighted by atomic mass is 9.78. The minimum atomic E-state index is 0. The zero-order valence-corrected chi connectivity index (χ0v) is 16.4. The van der Waals surface area contributed by atoms with Crippen molar-refractivity contribution in [2.75, 3.05) is 14.1 Å². The number of hydrogen-bond donors (Lipinski definition) is 1. The van der Waals surface area contributed by atoms with Crippen LogP contribution in [-0.2, 0) is 0 Å². The van der Waals surface area contributed by atoms with Crippen molar-refractivity contribution < 1.29 is 4.79 Å². The van der Waals surface area contributed by atoms with Gasteiger partial charge >= 0.3 is 0 Å². The van der Waals surface area contributed by atoms with Crippen LogP contribution < -0.4 is 5.32 Å². The molecule has 2 aromatic rings. The van der Waals surface area contributed by atoms with E-state index in [2.05, 4.69) is 54.6 Å². The molecule has 26 heavy (non-hydrogen) atoms. The Bertz CT molecular complexity index is 667. The molecule has 1 N–H and O–H groups in total. The lowest BCUT2D eigenvalue weighted by Gasteiger charge is -2.37. The molecule has 0 bridgehead atoms. The Morgan fingerprint density at radius 2 is 1.46 bits per heavy atom. The molecule has 1 aliphatic carbocycles. The molecule has 4 heteroatoms. The number of rotatable bonds is 5. The van der Waals surface area contributed by atoms with E-state index in [1.807, 2.05) is 30.3 Å². The van der Waals surface area contributed by atoms with Crippen molar-refractivity contribution in [3.05, 3.63) is 71.8 Å². The quantitative estimate of drug-likeness (QED) is 0.825. The van der Waals surface area contributed by atoms with Crippen LogP contribution in [0.5, 0.6) is 0 Å². The Morgan fingerprint density at radius 3 is 2.00 bits per heavy atom. The summed E-state index contributed by atoms with van der Waals surface area (Å²) >= 11 is 0. The Balaban J connectivity index is 0.00000243. The van der Waals surface area contributed by atoms with Crippen molar-refractivity contribution in [3.63, 3.8) is 0 Å². The highest BCUT2D eigenvalue weighted by atomic mass is 35.5. The highest BCUT2D eigenvalue weighted by Crippen LogP contribution is 2.37. The fourth-order valence-corrected chi connectivity index (χ4v) is 4.08. The van der Waals surface area contributed by atoms with Crippen molar-refractivity contribution in [2.45, 2.75) is 37.8 Å². The molecule has 0 saturated heterocycles. The summed E-state index contributed by atoms with van der Waals surface area (Å²) < 4.78 is 0. The fraction of sp³-hybridized carbons (Fsp3) is 0.409. The molecule has 0 aliphatic heterocycles. The Labute approximate surface area is 163 Å². The van der Waals surface area contributed by atoms with E-state index in [0.29, 0.717) is 18.0 Å². The number of carbonyl (C=O) groups excluding carboxylic acids is 1. The zero-order chi connectivity index (χ0) is 17.6. The first-order valence-electron chi connectivity index (χ1n) is 9.22. The first-order valence-corrected chi connectivity index (χ1v) is 9.22. The number of benzene rings is 2. The number of hydrogen-bond acceptors (Lipinski definition) is 2. The van der Waals surface area contributed by atoms with E-state index >= 15 is 0 Å². The lowest BCUT2D eigenvalue weighted by molar-refractivity contribution is 0.0907. The average Bonchev–Trinajstić information content (AvgIpc) is 2.65. The number of carbonyl (C=O) groups is 1. The zero-order valence-electron chi connectivity index (χ0n) is 15.6. The van der Waals surface area contributed by atoms with Crippen LogP contribution in [-0.4, -0.2) is 30.9 Å². The number of amides is 1. The van der Waals surface area contributed by atoms with E-state index in [0.717, 1.165) is 31.2 Å². The lowest BCUT2D eigenvalue weighted by Crippen LogP contribution is -2.39. The van der Waals surface area contributed by atoms with Crippen LogP contribution in [0, 0.1) is 5.92 Å². The van der Waals surface area contributed by atoms with Crippen LogP contribution in [0.4, 0.5) is 0 Å². The predicted molar refractivity (Wildman–Crippen MR) is 110 cm³/mol. The Kier molecular flexibility index (Phi) is 7.67. The van der Waals surface area contributed by atoms with Gasteiger partial charge in [-0.05, 0) is 63.4 Å². The third-order valence-electron chi connectivity index (χ3n) is 5.29. The molecule has 1 saturated carbocycles. The van der Waals surface area contributed by atoms with Crippen LogP contribution >= 0.6 is 12.4 Å². The van der Waals surface area contributed by atoms with Crippen LogP contribution in [0.2, 0.25) is 0 Å². The minimum absolute atomic E-state index is 0. The van der Waals surface area contributed by atoms with Crippen molar-refractivity contribution in [3.8, 4) is 0 Å². The van der Waals surface area contributed by atoms with E-state index < -0.39 is 0 Å². The molecule has 0 radical (unpaired) electrons. The maximum atomic E-state index is 12.3. The van der Waals surface area contributed by atoms with E-state index in [4.69, 9.17) is 0 Å². The third kappa shape index (κ3) is 5.09. The molecule has 3 nitrogen and oxygen atoms in total. The normalized spacial score (nSPS) is 20.9. The monoisotopic (exact) mass is 372 g/mol. The largest absolute Gasteiger partial charge is 0.349 e. The standard InChI is InChI=1S/C22H28N2O.ClH/c1-24(2)21(17-9-5-3-6-10-17)18-13-15-20(16-14-18)23-22(25)19-11-7-4-8-12-19;/h3-12,18,20-21H,13-16H2,1-2H3,(H,23,25);1H. The summed E-state index contributed by atoms with van der Waals surface area (Å²) in [6.45, 7) is 0.